The van der Waals surface area contributed by atoms with Crippen LogP contribution >= 0.6 is 0 Å². The lowest BCUT2D eigenvalue weighted by Gasteiger charge is -2.29. The van der Waals surface area contributed by atoms with Gasteiger partial charge in [-0.15, -0.1) is 0 Å². The topological polar surface area (TPSA) is 90.2 Å². The molecule has 0 heterocycles. The quantitative estimate of drug-likeness (QED) is 0.303. The van der Waals surface area contributed by atoms with Gasteiger partial charge in [0.05, 0.1) is 55.4 Å². The Morgan fingerprint density at radius 2 is 0.952 bits per heavy atom. The zero-order chi connectivity index (χ0) is 16.9. The molecule has 0 unspecified atom stereocenters. The van der Waals surface area contributed by atoms with E-state index in [0.29, 0.717) is 12.8 Å². The van der Waals surface area contributed by atoms with Gasteiger partial charge in [-0.1, -0.05) is 0 Å². The largest absolute Gasteiger partial charge is 0.488 e. The van der Waals surface area contributed by atoms with Crippen molar-refractivity contribution in [2.45, 2.75) is 24.9 Å². The first-order chi connectivity index (χ1) is 9.12. The molecule has 0 bridgehead atoms. The summed E-state index contributed by atoms with van der Waals surface area (Å²) in [6, 6.07) is 0.182. The van der Waals surface area contributed by atoms with E-state index in [1.165, 1.54) is 0 Å². The van der Waals surface area contributed by atoms with Crippen molar-refractivity contribution in [3.8, 4) is 0 Å². The molecule has 0 amide bonds. The van der Waals surface area contributed by atoms with Gasteiger partial charge < -0.3 is 32.3 Å². The molecular formula is C12H34N2O5Si2+2. The zero-order valence-corrected chi connectivity index (χ0v) is 16.3. The molecule has 9 heteroatoms. The van der Waals surface area contributed by atoms with Crippen LogP contribution in [-0.4, -0.2) is 101 Å². The third-order valence-electron chi connectivity index (χ3n) is 2.99. The number of hydrogen-bond acceptors (Lipinski definition) is 5. The van der Waals surface area contributed by atoms with Crippen molar-refractivity contribution in [1.29, 1.82) is 0 Å². The van der Waals surface area contributed by atoms with Crippen LogP contribution in [0.15, 0.2) is 0 Å². The molecule has 0 atom stereocenters. The summed E-state index contributed by atoms with van der Waals surface area (Å²) >= 11 is 0. The van der Waals surface area contributed by atoms with Gasteiger partial charge in [-0.25, -0.2) is 0 Å². The van der Waals surface area contributed by atoms with Crippen LogP contribution in [0.5, 0.6) is 0 Å². The summed E-state index contributed by atoms with van der Waals surface area (Å²) in [7, 11) is 4.11. The van der Waals surface area contributed by atoms with Crippen LogP contribution in [0, 0.1) is 0 Å². The van der Waals surface area contributed by atoms with Crippen LogP contribution in [-0.2, 0) is 4.12 Å². The van der Waals surface area contributed by atoms with E-state index in [1.807, 2.05) is 42.3 Å². The Kier molecular flexibility index (Phi) is 7.67. The molecular weight excluding hydrogens is 308 g/mol. The summed E-state index contributed by atoms with van der Waals surface area (Å²) in [5.74, 6) is 0. The van der Waals surface area contributed by atoms with Gasteiger partial charge in [0.15, 0.2) is 0 Å². The van der Waals surface area contributed by atoms with E-state index in [1.54, 1.807) is 0 Å². The van der Waals surface area contributed by atoms with Crippen molar-refractivity contribution in [1.82, 2.24) is 0 Å². The molecule has 0 saturated carbocycles. The summed E-state index contributed by atoms with van der Waals surface area (Å²) in [6.07, 6.45) is 1.15. The fourth-order valence-electron chi connectivity index (χ4n) is 1.93. The van der Waals surface area contributed by atoms with Crippen LogP contribution in [0.4, 0.5) is 0 Å². The Hall–Kier alpha value is 0.154. The average Bonchev–Trinajstić information content (AvgIpc) is 2.09. The monoisotopic (exact) mass is 342 g/mol. The summed E-state index contributed by atoms with van der Waals surface area (Å²) in [6.45, 7) is 1.54. The molecule has 0 aromatic heterocycles. The fraction of sp³-hybridized carbons (Fsp3) is 1.00. The Bertz CT molecular complexity index is 284. The minimum absolute atomic E-state index is 0.0910. The average molecular weight is 343 g/mol. The van der Waals surface area contributed by atoms with Gasteiger partial charge in [-0.2, -0.15) is 0 Å². The van der Waals surface area contributed by atoms with Gasteiger partial charge >= 0.3 is 17.6 Å². The van der Waals surface area contributed by atoms with Crippen molar-refractivity contribution in [2.24, 2.45) is 0 Å². The summed E-state index contributed by atoms with van der Waals surface area (Å²) in [5.41, 5.74) is 0. The first-order valence-electron chi connectivity index (χ1n) is 7.33. The van der Waals surface area contributed by atoms with E-state index >= 15 is 0 Å². The summed E-state index contributed by atoms with van der Waals surface area (Å²) < 4.78 is 6.38. The third kappa shape index (κ3) is 13.5. The predicted molar refractivity (Wildman–Crippen MR) is 86.1 cm³/mol. The highest BCUT2D eigenvalue weighted by atomic mass is 28.5. The maximum atomic E-state index is 9.88. The zero-order valence-electron chi connectivity index (χ0n) is 14.3. The predicted octanol–water partition coefficient (Wildman–Crippen LogP) is -0.957. The SMILES string of the molecule is C[N+](C)(C)CCC[Si](O)(O)O[Si](O)(O)CCC[N+](C)(C)C. The lowest BCUT2D eigenvalue weighted by atomic mass is 10.4. The van der Waals surface area contributed by atoms with Gasteiger partial charge in [0, 0.05) is 24.9 Å². The lowest BCUT2D eigenvalue weighted by Crippen LogP contribution is -2.53. The standard InChI is InChI=1S/C12H34N2O5Si2/c1-13(2,3)9-7-11-20(15,16)19-21(17,18)12-8-10-14(4,5)6/h15-18H,7-12H2,1-6H3/q+2. The normalized spacial score (nSPS) is 14.6. The van der Waals surface area contributed by atoms with E-state index in [9.17, 15) is 19.2 Å². The van der Waals surface area contributed by atoms with Crippen molar-refractivity contribution >= 4 is 17.6 Å². The molecule has 0 aliphatic heterocycles. The first kappa shape index (κ1) is 21.2. The van der Waals surface area contributed by atoms with Crippen LogP contribution in [0.3, 0.4) is 0 Å². The molecule has 0 radical (unpaired) electrons. The molecule has 0 rings (SSSR count). The second-order valence-corrected chi connectivity index (χ2v) is 12.6. The number of rotatable bonds is 10. The van der Waals surface area contributed by atoms with Crippen LogP contribution in [0.25, 0.3) is 0 Å². The molecule has 0 spiro atoms. The molecule has 0 fully saturated rings. The summed E-state index contributed by atoms with van der Waals surface area (Å²) in [4.78, 5) is 39.5. The molecule has 4 N–H and O–H groups in total. The van der Waals surface area contributed by atoms with E-state index in [2.05, 4.69) is 0 Å². The van der Waals surface area contributed by atoms with E-state index in [4.69, 9.17) is 4.12 Å². The highest BCUT2D eigenvalue weighted by Gasteiger charge is 2.45. The molecule has 7 nitrogen and oxygen atoms in total. The molecule has 128 valence electrons. The maximum absolute atomic E-state index is 9.88. The van der Waals surface area contributed by atoms with E-state index < -0.39 is 17.6 Å². The minimum Gasteiger partial charge on any atom is -0.390 e. The van der Waals surface area contributed by atoms with Gasteiger partial charge in [-0.3, -0.25) is 0 Å². The van der Waals surface area contributed by atoms with Crippen molar-refractivity contribution < 1.29 is 32.3 Å². The van der Waals surface area contributed by atoms with Crippen LogP contribution in [0.1, 0.15) is 12.8 Å². The Balaban J connectivity index is 4.21. The van der Waals surface area contributed by atoms with Gasteiger partial charge in [0.25, 0.3) is 0 Å². The number of quaternary nitrogens is 2. The number of hydrogen-bond donors (Lipinski definition) is 4. The van der Waals surface area contributed by atoms with Crippen LogP contribution in [0.2, 0.25) is 12.1 Å². The third-order valence-corrected chi connectivity index (χ3v) is 7.61. The van der Waals surface area contributed by atoms with Gasteiger partial charge in [0.1, 0.15) is 0 Å². The molecule has 0 aliphatic rings. The molecule has 0 aromatic carbocycles. The van der Waals surface area contributed by atoms with E-state index in [-0.39, 0.29) is 12.1 Å². The fourth-order valence-corrected chi connectivity index (χ4v) is 6.08. The Labute approximate surface area is 130 Å². The summed E-state index contributed by atoms with van der Waals surface area (Å²) in [5, 5.41) is 0. The van der Waals surface area contributed by atoms with Crippen molar-refractivity contribution in [2.75, 3.05) is 55.4 Å². The first-order valence-corrected chi connectivity index (χ1v) is 11.3. The molecule has 0 saturated heterocycles. The lowest BCUT2D eigenvalue weighted by molar-refractivity contribution is -0.870. The van der Waals surface area contributed by atoms with Gasteiger partial charge in [-0.05, 0) is 0 Å². The van der Waals surface area contributed by atoms with Crippen LogP contribution < -0.4 is 0 Å². The van der Waals surface area contributed by atoms with Crippen molar-refractivity contribution in [3.05, 3.63) is 0 Å². The molecule has 0 aromatic rings. The van der Waals surface area contributed by atoms with Gasteiger partial charge in [0.2, 0.25) is 0 Å². The number of nitrogens with zero attached hydrogens (tertiary/aromatic N) is 2. The Morgan fingerprint density at radius 1 is 0.667 bits per heavy atom. The highest BCUT2D eigenvalue weighted by molar-refractivity contribution is 6.72. The second-order valence-electron chi connectivity index (χ2n) is 7.82. The molecule has 0 aliphatic carbocycles. The highest BCUT2D eigenvalue weighted by Crippen LogP contribution is 2.17. The van der Waals surface area contributed by atoms with Crippen molar-refractivity contribution in [3.63, 3.8) is 0 Å². The second kappa shape index (κ2) is 7.62. The maximum Gasteiger partial charge on any atom is 0.488 e. The molecule has 21 heavy (non-hydrogen) atoms. The minimum atomic E-state index is -3.99. The van der Waals surface area contributed by atoms with E-state index in [0.717, 1.165) is 22.1 Å². The smallest absolute Gasteiger partial charge is 0.390 e. The Morgan fingerprint density at radius 3 is 1.19 bits per heavy atom.